The van der Waals surface area contributed by atoms with Crippen LogP contribution in [0.5, 0.6) is 0 Å². The molecule has 7 heteroatoms. The molecule has 158 valence electrons. The predicted octanol–water partition coefficient (Wildman–Crippen LogP) is 2.49. The van der Waals surface area contributed by atoms with Crippen molar-refractivity contribution in [2.24, 2.45) is 4.99 Å². The standard InChI is InChI=1S/C23H31N7/c1-2-24-23(25-14-13-22-28-27-21-12-6-7-16-30(21)22)26-20-11-8-15-29(18-20)17-19-9-4-3-5-10-19/h3-7,9-10,12,16,20H,2,8,11,13-15,17-18H2,1H3,(H2,24,25,26). The van der Waals surface area contributed by atoms with Crippen LogP contribution in [-0.2, 0) is 13.0 Å². The summed E-state index contributed by atoms with van der Waals surface area (Å²) < 4.78 is 2.03. The summed E-state index contributed by atoms with van der Waals surface area (Å²) in [4.78, 5) is 7.32. The highest BCUT2D eigenvalue weighted by atomic mass is 15.3. The molecule has 1 aliphatic rings. The second-order valence-corrected chi connectivity index (χ2v) is 7.76. The zero-order chi connectivity index (χ0) is 20.6. The molecule has 0 bridgehead atoms. The van der Waals surface area contributed by atoms with E-state index in [1.54, 1.807) is 0 Å². The van der Waals surface area contributed by atoms with E-state index in [0.29, 0.717) is 12.6 Å². The number of hydrogen-bond acceptors (Lipinski definition) is 4. The van der Waals surface area contributed by atoms with Gasteiger partial charge in [0.1, 0.15) is 5.82 Å². The maximum Gasteiger partial charge on any atom is 0.191 e. The van der Waals surface area contributed by atoms with Gasteiger partial charge in [0.2, 0.25) is 0 Å². The molecule has 0 saturated carbocycles. The van der Waals surface area contributed by atoms with Crippen LogP contribution in [-0.4, -0.2) is 57.7 Å². The number of fused-ring (bicyclic) bond motifs is 1. The van der Waals surface area contributed by atoms with Crippen LogP contribution in [0.3, 0.4) is 0 Å². The number of hydrogen-bond donors (Lipinski definition) is 2. The number of benzene rings is 1. The van der Waals surface area contributed by atoms with Gasteiger partial charge in [-0.2, -0.15) is 0 Å². The molecule has 1 unspecified atom stereocenters. The summed E-state index contributed by atoms with van der Waals surface area (Å²) in [5.74, 6) is 1.83. The van der Waals surface area contributed by atoms with Gasteiger partial charge in [0.15, 0.2) is 11.6 Å². The first-order valence-corrected chi connectivity index (χ1v) is 10.9. The maximum atomic E-state index is 4.79. The molecule has 2 N–H and O–H groups in total. The first-order chi connectivity index (χ1) is 14.8. The van der Waals surface area contributed by atoms with Gasteiger partial charge in [-0.1, -0.05) is 36.4 Å². The third-order valence-corrected chi connectivity index (χ3v) is 5.43. The highest BCUT2D eigenvalue weighted by Gasteiger charge is 2.20. The molecule has 1 fully saturated rings. The lowest BCUT2D eigenvalue weighted by Gasteiger charge is -2.34. The van der Waals surface area contributed by atoms with Crippen molar-refractivity contribution in [3.63, 3.8) is 0 Å². The number of aliphatic imine (C=N–C) groups is 1. The largest absolute Gasteiger partial charge is 0.357 e. The van der Waals surface area contributed by atoms with E-state index < -0.39 is 0 Å². The molecule has 7 nitrogen and oxygen atoms in total. The highest BCUT2D eigenvalue weighted by Crippen LogP contribution is 2.13. The third-order valence-electron chi connectivity index (χ3n) is 5.43. The summed E-state index contributed by atoms with van der Waals surface area (Å²) in [6.07, 6.45) is 5.13. The molecule has 1 atom stereocenters. The van der Waals surface area contributed by atoms with Crippen molar-refractivity contribution in [1.82, 2.24) is 30.1 Å². The second kappa shape index (κ2) is 10.2. The molecular formula is C23H31N7. The van der Waals surface area contributed by atoms with Gasteiger partial charge >= 0.3 is 0 Å². The number of guanidine groups is 1. The maximum absolute atomic E-state index is 4.79. The minimum absolute atomic E-state index is 0.411. The molecule has 0 spiro atoms. The topological polar surface area (TPSA) is 69.8 Å². The second-order valence-electron chi connectivity index (χ2n) is 7.76. The monoisotopic (exact) mass is 405 g/mol. The Bertz CT molecular complexity index is 950. The average molecular weight is 406 g/mol. The zero-order valence-electron chi connectivity index (χ0n) is 17.7. The summed E-state index contributed by atoms with van der Waals surface area (Å²) >= 11 is 0. The SMILES string of the molecule is CCNC(=NCCc1nnc2ccccn12)NC1CCCN(Cc2ccccc2)C1. The summed E-state index contributed by atoms with van der Waals surface area (Å²) in [5.41, 5.74) is 2.25. The van der Waals surface area contributed by atoms with Crippen molar-refractivity contribution in [3.05, 3.63) is 66.1 Å². The van der Waals surface area contributed by atoms with E-state index in [2.05, 4.69) is 63.0 Å². The van der Waals surface area contributed by atoms with Gasteiger partial charge in [-0.25, -0.2) is 0 Å². The van der Waals surface area contributed by atoms with E-state index in [1.807, 2.05) is 28.8 Å². The number of nitrogens with one attached hydrogen (secondary N) is 2. The Kier molecular flexibility index (Phi) is 6.92. The van der Waals surface area contributed by atoms with E-state index in [9.17, 15) is 0 Å². The molecule has 3 aromatic rings. The molecule has 1 aromatic carbocycles. The molecule has 3 heterocycles. The predicted molar refractivity (Wildman–Crippen MR) is 121 cm³/mol. The molecule has 30 heavy (non-hydrogen) atoms. The van der Waals surface area contributed by atoms with Crippen LogP contribution in [0.1, 0.15) is 31.2 Å². The fourth-order valence-electron chi connectivity index (χ4n) is 4.00. The lowest BCUT2D eigenvalue weighted by atomic mass is 10.0. The minimum Gasteiger partial charge on any atom is -0.357 e. The first kappa shape index (κ1) is 20.3. The fourth-order valence-corrected chi connectivity index (χ4v) is 4.00. The van der Waals surface area contributed by atoms with Crippen LogP contribution in [0.4, 0.5) is 0 Å². The molecule has 1 aliphatic heterocycles. The van der Waals surface area contributed by atoms with Crippen molar-refractivity contribution >= 4 is 11.6 Å². The number of pyridine rings is 1. The summed E-state index contributed by atoms with van der Waals surface area (Å²) in [6, 6.07) is 17.1. The number of nitrogens with zero attached hydrogens (tertiary/aromatic N) is 5. The summed E-state index contributed by atoms with van der Waals surface area (Å²) in [7, 11) is 0. The van der Waals surface area contributed by atoms with Gasteiger partial charge in [-0.15, -0.1) is 10.2 Å². The summed E-state index contributed by atoms with van der Waals surface area (Å²) in [5, 5.41) is 15.6. The molecule has 4 rings (SSSR count). The van der Waals surface area contributed by atoms with E-state index >= 15 is 0 Å². The van der Waals surface area contributed by atoms with E-state index in [0.717, 1.165) is 50.0 Å². The molecule has 0 aliphatic carbocycles. The number of rotatable bonds is 7. The zero-order valence-corrected chi connectivity index (χ0v) is 17.7. The molecular weight excluding hydrogens is 374 g/mol. The van der Waals surface area contributed by atoms with Gasteiger partial charge in [-0.3, -0.25) is 14.3 Å². The van der Waals surface area contributed by atoms with E-state index in [1.165, 1.54) is 18.4 Å². The van der Waals surface area contributed by atoms with Crippen molar-refractivity contribution in [2.75, 3.05) is 26.2 Å². The van der Waals surface area contributed by atoms with Crippen molar-refractivity contribution in [2.45, 2.75) is 38.8 Å². The molecule has 2 aromatic heterocycles. The van der Waals surface area contributed by atoms with Crippen LogP contribution >= 0.6 is 0 Å². The molecule has 0 amide bonds. The Labute approximate surface area is 178 Å². The normalized spacial score (nSPS) is 17.9. The van der Waals surface area contributed by atoms with Crippen molar-refractivity contribution < 1.29 is 0 Å². The fraction of sp³-hybridized carbons (Fsp3) is 0.435. The van der Waals surface area contributed by atoms with Gasteiger partial charge in [-0.05, 0) is 44.0 Å². The smallest absolute Gasteiger partial charge is 0.191 e. The lowest BCUT2D eigenvalue weighted by Crippen LogP contribution is -2.51. The highest BCUT2D eigenvalue weighted by molar-refractivity contribution is 5.80. The molecule has 1 saturated heterocycles. The minimum atomic E-state index is 0.411. The van der Waals surface area contributed by atoms with Crippen LogP contribution in [0.2, 0.25) is 0 Å². The Morgan fingerprint density at radius 2 is 2.00 bits per heavy atom. The van der Waals surface area contributed by atoms with E-state index in [4.69, 9.17) is 4.99 Å². The van der Waals surface area contributed by atoms with Crippen LogP contribution in [0.25, 0.3) is 5.65 Å². The molecule has 0 radical (unpaired) electrons. The van der Waals surface area contributed by atoms with Gasteiger partial charge in [0, 0.05) is 44.8 Å². The van der Waals surface area contributed by atoms with Gasteiger partial charge in [0.25, 0.3) is 0 Å². The Balaban J connectivity index is 1.33. The third kappa shape index (κ3) is 5.36. The number of piperidine rings is 1. The van der Waals surface area contributed by atoms with Gasteiger partial charge < -0.3 is 10.6 Å². The van der Waals surface area contributed by atoms with Gasteiger partial charge in [0.05, 0.1) is 0 Å². The number of aromatic nitrogens is 3. The Morgan fingerprint density at radius 1 is 1.13 bits per heavy atom. The van der Waals surface area contributed by atoms with Crippen molar-refractivity contribution in [3.8, 4) is 0 Å². The van der Waals surface area contributed by atoms with Crippen molar-refractivity contribution in [1.29, 1.82) is 0 Å². The average Bonchev–Trinajstić information content (AvgIpc) is 3.18. The van der Waals surface area contributed by atoms with E-state index in [-0.39, 0.29) is 0 Å². The Hall–Kier alpha value is -2.93. The van der Waals surface area contributed by atoms with Crippen LogP contribution in [0, 0.1) is 0 Å². The Morgan fingerprint density at radius 3 is 2.87 bits per heavy atom. The summed E-state index contributed by atoms with van der Waals surface area (Å²) in [6.45, 7) is 6.82. The lowest BCUT2D eigenvalue weighted by molar-refractivity contribution is 0.192. The van der Waals surface area contributed by atoms with Crippen LogP contribution in [0.15, 0.2) is 59.7 Å². The number of likely N-dealkylation sites (tertiary alicyclic amines) is 1. The van der Waals surface area contributed by atoms with Crippen LogP contribution < -0.4 is 10.6 Å². The quantitative estimate of drug-likeness (QED) is 0.467. The first-order valence-electron chi connectivity index (χ1n) is 10.9.